The highest BCUT2D eigenvalue weighted by molar-refractivity contribution is 7.88. The molecule has 2 aromatic carbocycles. The molecule has 0 atom stereocenters. The van der Waals surface area contributed by atoms with Crippen molar-refractivity contribution in [3.8, 4) is 28.2 Å². The molecule has 240 valence electrons. The minimum Gasteiger partial charge on any atom is -0.450 e. The molecule has 17 heteroatoms. The summed E-state index contributed by atoms with van der Waals surface area (Å²) < 4.78 is 136. The van der Waals surface area contributed by atoms with Crippen LogP contribution in [0.5, 0.6) is 5.75 Å². The number of halogens is 7. The first-order valence-electron chi connectivity index (χ1n) is 13.1. The summed E-state index contributed by atoms with van der Waals surface area (Å²) in [5.74, 6) is -11.1. The number of alkyl halides is 3. The molecule has 1 fully saturated rings. The molecular formula is C28H21F7N2O7S. The van der Waals surface area contributed by atoms with Crippen LogP contribution in [0.1, 0.15) is 15.9 Å². The highest BCUT2D eigenvalue weighted by Crippen LogP contribution is 2.45. The number of nitrogens with one attached hydrogen (secondary N) is 1. The summed E-state index contributed by atoms with van der Waals surface area (Å²) in [6, 6.07) is 4.86. The number of carbonyl (C=O) groups is 1. The van der Waals surface area contributed by atoms with Crippen molar-refractivity contribution in [3.05, 3.63) is 75.0 Å². The van der Waals surface area contributed by atoms with Crippen LogP contribution in [0, 0.1) is 30.2 Å². The zero-order chi connectivity index (χ0) is 32.8. The van der Waals surface area contributed by atoms with E-state index in [4.69, 9.17) is 9.15 Å². The largest absolute Gasteiger partial charge is 0.534 e. The van der Waals surface area contributed by atoms with Gasteiger partial charge in [-0.1, -0.05) is 6.07 Å². The third-order valence-corrected chi connectivity index (χ3v) is 8.01. The summed E-state index contributed by atoms with van der Waals surface area (Å²) in [5, 5.41) is 2.14. The van der Waals surface area contributed by atoms with E-state index >= 15 is 8.78 Å². The highest BCUT2D eigenvalue weighted by atomic mass is 32.2. The molecule has 0 aromatic heterocycles. The van der Waals surface area contributed by atoms with Crippen LogP contribution in [-0.2, 0) is 14.9 Å². The summed E-state index contributed by atoms with van der Waals surface area (Å²) in [6.45, 7) is 4.87. The van der Waals surface area contributed by atoms with Crippen molar-refractivity contribution in [3.63, 3.8) is 0 Å². The Morgan fingerprint density at radius 3 is 2.33 bits per heavy atom. The van der Waals surface area contributed by atoms with Crippen LogP contribution in [0.25, 0.3) is 33.4 Å². The molecule has 1 N–H and O–H groups in total. The van der Waals surface area contributed by atoms with Crippen molar-refractivity contribution in [2.75, 3.05) is 39.4 Å². The first-order valence-corrected chi connectivity index (χ1v) is 14.5. The van der Waals surface area contributed by atoms with Crippen LogP contribution in [0.2, 0.25) is 0 Å². The number of rotatable bonds is 7. The van der Waals surface area contributed by atoms with E-state index in [0.717, 1.165) is 0 Å². The molecule has 2 heterocycles. The lowest BCUT2D eigenvalue weighted by molar-refractivity contribution is -0.0501. The highest BCUT2D eigenvalue weighted by Gasteiger charge is 2.49. The standard InChI is InChI=1S/C28H21F7N2O7S/c1-13-10-14(27(39)36-4-5-37-6-8-42-9-7-37)2-3-15(13)20-16-11-18(29)23(38)21(31)24(16)43-25-17(20)12-19(30)26(22(25)32)44-45(40,41)28(33,34)35/h2-3,10-12H,4-9H2,1H3,(H,36,39). The summed E-state index contributed by atoms with van der Waals surface area (Å²) in [5.41, 5.74) is -9.51. The lowest BCUT2D eigenvalue weighted by atomic mass is 9.90. The molecule has 0 radical (unpaired) electrons. The molecule has 9 nitrogen and oxygen atoms in total. The lowest BCUT2D eigenvalue weighted by Gasteiger charge is -2.26. The van der Waals surface area contributed by atoms with Crippen LogP contribution < -0.4 is 14.9 Å². The Morgan fingerprint density at radius 2 is 1.69 bits per heavy atom. The van der Waals surface area contributed by atoms with E-state index in [1.54, 1.807) is 0 Å². The maximum atomic E-state index is 15.5. The van der Waals surface area contributed by atoms with Gasteiger partial charge in [0.2, 0.25) is 17.4 Å². The second-order valence-corrected chi connectivity index (χ2v) is 11.5. The number of amides is 1. The van der Waals surface area contributed by atoms with Gasteiger partial charge in [0.25, 0.3) is 11.3 Å². The number of ether oxygens (including phenoxy) is 1. The molecule has 2 aromatic rings. The topological polar surface area (TPSA) is 115 Å². The minimum absolute atomic E-state index is 0.0264. The van der Waals surface area contributed by atoms with Gasteiger partial charge in [-0.15, -0.1) is 0 Å². The molecule has 1 saturated heterocycles. The Labute approximate surface area is 249 Å². The number of aryl methyl sites for hydroxylation is 1. The van der Waals surface area contributed by atoms with E-state index in [2.05, 4.69) is 14.4 Å². The first-order chi connectivity index (χ1) is 21.1. The van der Waals surface area contributed by atoms with Gasteiger partial charge in [0.05, 0.1) is 13.2 Å². The van der Waals surface area contributed by atoms with Gasteiger partial charge in [0.1, 0.15) is 0 Å². The van der Waals surface area contributed by atoms with Crippen molar-refractivity contribution >= 4 is 27.0 Å². The Hall–Kier alpha value is -4.22. The number of fused-ring (bicyclic) bond motifs is 2. The van der Waals surface area contributed by atoms with Gasteiger partial charge in [-0.05, 0) is 42.3 Å². The first kappa shape index (κ1) is 32.2. The molecule has 0 spiro atoms. The Morgan fingerprint density at radius 1 is 1.00 bits per heavy atom. The van der Waals surface area contributed by atoms with Gasteiger partial charge >= 0.3 is 15.6 Å². The molecular weight excluding hydrogens is 641 g/mol. The molecule has 5 rings (SSSR count). The number of carbonyl (C=O) groups excluding carboxylic acids is 1. The van der Waals surface area contributed by atoms with Gasteiger partial charge in [-0.2, -0.15) is 30.4 Å². The van der Waals surface area contributed by atoms with Crippen LogP contribution in [0.3, 0.4) is 0 Å². The fourth-order valence-corrected chi connectivity index (χ4v) is 5.32. The maximum absolute atomic E-state index is 15.5. The van der Waals surface area contributed by atoms with Crippen molar-refractivity contribution in [2.45, 2.75) is 12.4 Å². The SMILES string of the molecule is Cc1cc(C(=O)NCCN2CCOCC2)ccc1-c1c2cc(F)c(=O)c(F)c-2oc2c(F)c(OS(=O)(=O)C(F)(F)F)c(F)cc12. The fourth-order valence-electron chi connectivity index (χ4n) is 4.85. The van der Waals surface area contributed by atoms with E-state index in [0.29, 0.717) is 51.5 Å². The number of morpholine rings is 1. The Bertz CT molecular complexity index is 1960. The predicted octanol–water partition coefficient (Wildman–Crippen LogP) is 4.72. The van der Waals surface area contributed by atoms with Gasteiger partial charge in [0.15, 0.2) is 23.0 Å². The molecule has 45 heavy (non-hydrogen) atoms. The summed E-state index contributed by atoms with van der Waals surface area (Å²) >= 11 is 0. The number of nitrogens with zero attached hydrogens (tertiary/aromatic N) is 1. The van der Waals surface area contributed by atoms with Crippen LogP contribution in [0.4, 0.5) is 30.7 Å². The average molecular weight is 663 g/mol. The van der Waals surface area contributed by atoms with Crippen LogP contribution >= 0.6 is 0 Å². The third-order valence-electron chi connectivity index (χ3n) is 7.06. The Kier molecular flexibility index (Phi) is 8.54. The molecule has 3 aliphatic rings. The molecule has 0 bridgehead atoms. The predicted molar refractivity (Wildman–Crippen MR) is 144 cm³/mol. The van der Waals surface area contributed by atoms with Crippen molar-refractivity contribution in [1.82, 2.24) is 10.2 Å². The lowest BCUT2D eigenvalue weighted by Crippen LogP contribution is -2.41. The molecule has 0 unspecified atom stereocenters. The average Bonchev–Trinajstić information content (AvgIpc) is 2.98. The molecule has 1 aliphatic carbocycles. The van der Waals surface area contributed by atoms with Crippen molar-refractivity contribution in [2.24, 2.45) is 0 Å². The minimum atomic E-state index is -6.56. The van der Waals surface area contributed by atoms with E-state index in [1.807, 2.05) is 0 Å². The second-order valence-electron chi connectivity index (χ2n) is 9.96. The Balaban J connectivity index is 1.63. The number of hydrogen-bond acceptors (Lipinski definition) is 8. The smallest absolute Gasteiger partial charge is 0.450 e. The van der Waals surface area contributed by atoms with E-state index in [1.165, 1.54) is 25.1 Å². The number of benzene rings is 3. The quantitative estimate of drug-likeness (QED) is 0.131. The molecule has 1 amide bonds. The van der Waals surface area contributed by atoms with Gasteiger partial charge in [0, 0.05) is 48.3 Å². The van der Waals surface area contributed by atoms with Gasteiger partial charge in [-0.25, -0.2) is 8.78 Å². The molecule has 0 saturated carbocycles. The summed E-state index contributed by atoms with van der Waals surface area (Å²) in [7, 11) is -6.56. The fraction of sp³-hybridized carbons (Fsp3) is 0.286. The monoisotopic (exact) mass is 662 g/mol. The van der Waals surface area contributed by atoms with Crippen LogP contribution in [0.15, 0.2) is 39.5 Å². The zero-order valence-electron chi connectivity index (χ0n) is 23.0. The maximum Gasteiger partial charge on any atom is 0.534 e. The second kappa shape index (κ2) is 11.9. The summed E-state index contributed by atoms with van der Waals surface area (Å²) in [4.78, 5) is 26.9. The van der Waals surface area contributed by atoms with E-state index < -0.39 is 78.3 Å². The van der Waals surface area contributed by atoms with E-state index in [-0.39, 0.29) is 22.3 Å². The third kappa shape index (κ3) is 6.06. The van der Waals surface area contributed by atoms with Gasteiger partial charge in [-0.3, -0.25) is 14.5 Å². The zero-order valence-corrected chi connectivity index (χ0v) is 23.8. The summed E-state index contributed by atoms with van der Waals surface area (Å²) in [6.07, 6.45) is 0. The van der Waals surface area contributed by atoms with Crippen LogP contribution in [-0.4, -0.2) is 64.1 Å². The van der Waals surface area contributed by atoms with Crippen molar-refractivity contribution in [1.29, 1.82) is 0 Å². The van der Waals surface area contributed by atoms with Gasteiger partial charge < -0.3 is 18.7 Å². The normalized spacial score (nSPS) is 14.7. The molecule has 2 aliphatic heterocycles. The van der Waals surface area contributed by atoms with E-state index in [9.17, 15) is 40.0 Å². The van der Waals surface area contributed by atoms with Crippen molar-refractivity contribution < 1.29 is 57.3 Å². The number of hydrogen-bond donors (Lipinski definition) is 1.